The van der Waals surface area contributed by atoms with Crippen LogP contribution in [0.3, 0.4) is 0 Å². The molecule has 1 aliphatic rings. The molecule has 1 aliphatic carbocycles. The first kappa shape index (κ1) is 25.6. The highest BCUT2D eigenvalue weighted by Crippen LogP contribution is 2.40. The van der Waals surface area contributed by atoms with Crippen molar-refractivity contribution < 1.29 is 25.0 Å². The summed E-state index contributed by atoms with van der Waals surface area (Å²) < 4.78 is 148. The van der Waals surface area contributed by atoms with E-state index in [1.165, 1.54) is 48.8 Å². The summed E-state index contributed by atoms with van der Waals surface area (Å²) in [7, 11) is 0. The lowest BCUT2D eigenvalue weighted by Crippen LogP contribution is -2.05. The molecule has 0 radical (unpaired) electrons. The first-order chi connectivity index (χ1) is 36.3. The number of aryl methyl sites for hydroxylation is 6. The fourth-order valence-corrected chi connectivity index (χ4v) is 7.76. The van der Waals surface area contributed by atoms with Gasteiger partial charge in [-0.1, -0.05) is 116 Å². The molecule has 1 fully saturated rings. The van der Waals surface area contributed by atoms with E-state index in [1.807, 2.05) is 18.2 Å². The van der Waals surface area contributed by atoms with E-state index in [0.717, 1.165) is 35.5 Å². The van der Waals surface area contributed by atoms with Crippen LogP contribution in [0.5, 0.6) is 0 Å². The minimum Gasteiger partial charge on any atom is -0.455 e. The Kier molecular flexibility index (Phi) is 7.35. The third kappa shape index (κ3) is 8.55. The quantitative estimate of drug-likeness (QED) is 0.116. The highest BCUT2D eigenvalue weighted by atomic mass is 16.3. The zero-order chi connectivity index (χ0) is 55.1. The number of hydrogen-bond acceptors (Lipinski definition) is 5. The second-order valence-corrected chi connectivity index (χ2v) is 15.0. The SMILES string of the molecule is [2H]c1cc2c(oc3c(-c4cc(C5([2H])CCCC5)c(C([2H])([2H])C([2H])([2H])c5cc(C([2H])([2H])C([2H])([2H])c6ccc(-c7ccccc7)nc6)cc(C([2H])([2H])C([2H])([2H])c6ccc(-c7ccccc7)nc6)c5)cn4)cccc32)c([2H])c1C#N. The Bertz CT molecular complexity index is 3640. The molecule has 0 bridgehead atoms. The average Bonchev–Trinajstić information content (AvgIpc) is 4.12. The van der Waals surface area contributed by atoms with Crippen LogP contribution in [-0.2, 0) is 38.2 Å². The van der Waals surface area contributed by atoms with Gasteiger partial charge in [-0.3, -0.25) is 15.0 Å². The number of benzene rings is 5. The normalized spacial score (nSPS) is 18.3. The number of aromatic nitrogens is 3. The molecule has 0 aliphatic heterocycles. The molecular formula is C57H48N4O. The van der Waals surface area contributed by atoms with Crippen molar-refractivity contribution in [3.05, 3.63) is 209 Å². The lowest BCUT2D eigenvalue weighted by atomic mass is 9.89. The van der Waals surface area contributed by atoms with Crippen LogP contribution in [0.1, 0.15) is 96.6 Å². The van der Waals surface area contributed by atoms with Gasteiger partial charge in [-0.05, 0) is 138 Å². The molecule has 0 amide bonds. The van der Waals surface area contributed by atoms with Crippen LogP contribution in [0.4, 0.5) is 0 Å². The van der Waals surface area contributed by atoms with E-state index < -0.39 is 60.8 Å². The van der Waals surface area contributed by atoms with Crippen molar-refractivity contribution in [1.29, 1.82) is 5.26 Å². The molecule has 5 aromatic carbocycles. The molecule has 0 saturated heterocycles. The molecule has 62 heavy (non-hydrogen) atoms. The van der Waals surface area contributed by atoms with E-state index in [4.69, 9.17) is 7.16 Å². The van der Waals surface area contributed by atoms with Gasteiger partial charge in [-0.2, -0.15) is 5.26 Å². The van der Waals surface area contributed by atoms with Gasteiger partial charge in [-0.25, -0.2) is 0 Å². The van der Waals surface area contributed by atoms with Gasteiger partial charge in [-0.15, -0.1) is 0 Å². The van der Waals surface area contributed by atoms with Crippen molar-refractivity contribution in [2.24, 2.45) is 0 Å². The van der Waals surface area contributed by atoms with E-state index in [1.54, 1.807) is 66.7 Å². The number of nitriles is 1. The fourth-order valence-electron chi connectivity index (χ4n) is 7.76. The zero-order valence-electron chi connectivity index (χ0n) is 48.5. The van der Waals surface area contributed by atoms with Crippen molar-refractivity contribution >= 4 is 21.9 Å². The number of pyridine rings is 3. The fraction of sp³-hybridized carbons (Fsp3) is 0.193. The van der Waals surface area contributed by atoms with Crippen molar-refractivity contribution in [1.82, 2.24) is 15.0 Å². The van der Waals surface area contributed by atoms with Crippen molar-refractivity contribution in [3.8, 4) is 39.8 Å². The van der Waals surface area contributed by atoms with Gasteiger partial charge < -0.3 is 4.42 Å². The second-order valence-electron chi connectivity index (χ2n) is 15.0. The molecule has 9 aromatic rings. The predicted molar refractivity (Wildman–Crippen MR) is 251 cm³/mol. The summed E-state index contributed by atoms with van der Waals surface area (Å²) >= 11 is 0. The molecule has 0 N–H and O–H groups in total. The van der Waals surface area contributed by atoms with E-state index >= 15 is 0 Å². The number of rotatable bonds is 13. The highest BCUT2D eigenvalue weighted by molar-refractivity contribution is 6.09. The van der Waals surface area contributed by atoms with Crippen LogP contribution in [0, 0.1) is 11.3 Å². The summed E-state index contributed by atoms with van der Waals surface area (Å²) in [6.45, 7) is 0. The van der Waals surface area contributed by atoms with Gasteiger partial charge >= 0.3 is 0 Å². The molecule has 1 saturated carbocycles. The number of furan rings is 1. The van der Waals surface area contributed by atoms with Crippen LogP contribution in [0.15, 0.2) is 169 Å². The Balaban J connectivity index is 1.12. The third-order valence-corrected chi connectivity index (χ3v) is 10.9. The number of fused-ring (bicyclic) bond motifs is 3. The molecule has 5 heteroatoms. The smallest absolute Gasteiger partial charge is 0.144 e. The highest BCUT2D eigenvalue weighted by Gasteiger charge is 2.22. The lowest BCUT2D eigenvalue weighted by molar-refractivity contribution is 0.669. The summed E-state index contributed by atoms with van der Waals surface area (Å²) in [5.41, 5.74) is 0.612. The Morgan fingerprint density at radius 3 is 1.76 bits per heavy atom. The Hall–Kier alpha value is -7.16. The standard InChI is InChI=1S/C57H48N4O/c58-35-44-23-27-49-50-16-9-17-51(57(50)62-56(49)33-44)55-34-52(45-10-7-8-11-45)48(38-61-55)26-22-43-31-41(20-18-39-24-28-53(59-36-39)46-12-3-1-4-13-46)30-42(32-43)21-19-40-25-29-54(60-37-40)47-14-5-2-6-15-47/h1-6,9,12-17,23-25,27-34,36-38,45H,7-8,10-11,18-22,26H2/i18D2,19D2,20D2,21D2,22D2,23D,26D2,33D,45D. The van der Waals surface area contributed by atoms with Crippen LogP contribution in [0.25, 0.3) is 55.7 Å². The largest absolute Gasteiger partial charge is 0.455 e. The summed E-state index contributed by atoms with van der Waals surface area (Å²) in [4.78, 5) is 13.5. The second kappa shape index (κ2) is 17.8. The van der Waals surface area contributed by atoms with Gasteiger partial charge in [0.2, 0.25) is 0 Å². The number of nitrogens with zero attached hydrogens (tertiary/aromatic N) is 4. The first-order valence-electron chi connectivity index (χ1n) is 27.9. The minimum atomic E-state index is -3.26. The van der Waals surface area contributed by atoms with Gasteiger partial charge in [0.05, 0.1) is 31.5 Å². The van der Waals surface area contributed by atoms with Gasteiger partial charge in [0.15, 0.2) is 0 Å². The van der Waals surface area contributed by atoms with Crippen LogP contribution >= 0.6 is 0 Å². The molecule has 4 aromatic heterocycles. The lowest BCUT2D eigenvalue weighted by Gasteiger charge is -2.17. The maximum Gasteiger partial charge on any atom is 0.144 e. The average molecular weight is 820 g/mol. The summed E-state index contributed by atoms with van der Waals surface area (Å²) in [6, 6.07) is 36.3. The van der Waals surface area contributed by atoms with E-state index in [9.17, 15) is 23.1 Å². The maximum absolute atomic E-state index is 9.84. The summed E-state index contributed by atoms with van der Waals surface area (Å²) in [5.74, 6) is -1.46. The molecular weight excluding hydrogens is 757 g/mol. The van der Waals surface area contributed by atoms with Crippen molar-refractivity contribution in [2.75, 3.05) is 0 Å². The number of para-hydroxylation sites is 1. The van der Waals surface area contributed by atoms with E-state index in [-0.39, 0.29) is 69.6 Å². The summed E-state index contributed by atoms with van der Waals surface area (Å²) in [5, 5.41) is 10.6. The minimum absolute atomic E-state index is 0.0703. The molecule has 0 atom stereocenters. The first-order valence-corrected chi connectivity index (χ1v) is 20.4. The molecule has 0 spiro atoms. The third-order valence-electron chi connectivity index (χ3n) is 10.9. The summed E-state index contributed by atoms with van der Waals surface area (Å²) in [6.07, 6.45) is -13.4. The predicted octanol–water partition coefficient (Wildman–Crippen LogP) is 13.7. The van der Waals surface area contributed by atoms with Crippen LogP contribution in [0.2, 0.25) is 0 Å². The van der Waals surface area contributed by atoms with Gasteiger partial charge in [0.25, 0.3) is 0 Å². The van der Waals surface area contributed by atoms with E-state index in [2.05, 4.69) is 15.0 Å². The topological polar surface area (TPSA) is 75.6 Å². The van der Waals surface area contributed by atoms with Crippen molar-refractivity contribution in [3.63, 3.8) is 0 Å². The Labute approximate surface area is 384 Å². The van der Waals surface area contributed by atoms with Crippen LogP contribution < -0.4 is 0 Å². The molecule has 5 nitrogen and oxygen atoms in total. The molecule has 0 unspecified atom stereocenters. The Morgan fingerprint density at radius 2 is 1.18 bits per heavy atom. The Morgan fingerprint density at radius 1 is 0.597 bits per heavy atom. The molecule has 10 rings (SSSR count). The van der Waals surface area contributed by atoms with Crippen molar-refractivity contribution in [2.45, 2.75) is 69.8 Å². The maximum atomic E-state index is 9.84. The number of hydrogen-bond donors (Lipinski definition) is 0. The van der Waals surface area contributed by atoms with Gasteiger partial charge in [0, 0.05) is 63.9 Å². The zero-order valence-corrected chi connectivity index (χ0v) is 33.5. The molecule has 302 valence electrons. The molecule has 4 heterocycles. The van der Waals surface area contributed by atoms with E-state index in [0.29, 0.717) is 40.6 Å². The van der Waals surface area contributed by atoms with Gasteiger partial charge in [0.1, 0.15) is 11.2 Å². The monoisotopic (exact) mass is 819 g/mol. The van der Waals surface area contributed by atoms with Crippen LogP contribution in [-0.4, -0.2) is 15.0 Å².